The number of nitrogens with two attached hydrogens (primary N) is 1. The second-order valence-corrected chi connectivity index (χ2v) is 7.54. The van der Waals surface area contributed by atoms with Crippen molar-refractivity contribution in [1.29, 1.82) is 0 Å². The molecule has 0 fully saturated rings. The first-order valence-electron chi connectivity index (χ1n) is 7.70. The van der Waals surface area contributed by atoms with Crippen molar-refractivity contribution in [2.45, 2.75) is 18.7 Å². The molecule has 7 nitrogen and oxygen atoms in total. The van der Waals surface area contributed by atoms with Crippen molar-refractivity contribution in [2.75, 3.05) is 6.61 Å². The van der Waals surface area contributed by atoms with E-state index in [-0.39, 0.29) is 0 Å². The van der Waals surface area contributed by atoms with Crippen LogP contribution in [0.4, 0.5) is 0 Å². The maximum absolute atomic E-state index is 13.3. The quantitative estimate of drug-likeness (QED) is 0.619. The summed E-state index contributed by atoms with van der Waals surface area (Å²) in [5, 5.41) is 11.4. The zero-order chi connectivity index (χ0) is 18.3. The van der Waals surface area contributed by atoms with Crippen molar-refractivity contribution in [3.63, 3.8) is 0 Å². The topological polar surface area (TPSA) is 111 Å². The van der Waals surface area contributed by atoms with Gasteiger partial charge in [0.1, 0.15) is 17.5 Å². The highest BCUT2D eigenvalue weighted by Crippen LogP contribution is 2.51. The maximum Gasteiger partial charge on any atom is 0.452 e. The third kappa shape index (κ3) is 5.32. The normalized spacial score (nSPS) is 13.6. The predicted molar refractivity (Wildman–Crippen MR) is 94.4 cm³/mol. The van der Waals surface area contributed by atoms with Gasteiger partial charge in [-0.25, -0.2) is 4.57 Å². The van der Waals surface area contributed by atoms with Gasteiger partial charge in [-0.15, -0.1) is 0 Å². The summed E-state index contributed by atoms with van der Waals surface area (Å²) in [5.74, 6) is -0.954. The molecule has 0 aliphatic rings. The third-order valence-corrected chi connectivity index (χ3v) is 5.32. The minimum absolute atomic E-state index is 0.342. The van der Waals surface area contributed by atoms with E-state index in [0.29, 0.717) is 11.5 Å². The number of rotatable bonds is 8. The molecule has 4 N–H and O–H groups in total. The number of amides is 1. The second kappa shape index (κ2) is 8.67. The molecule has 0 saturated heterocycles. The molecular weight excluding hydrogens is 343 g/mol. The van der Waals surface area contributed by atoms with Crippen LogP contribution < -0.4 is 20.1 Å². The second-order valence-electron chi connectivity index (χ2n) is 5.32. The number of carbonyl (C=O) groups excluding carboxylic acids is 1. The number of aliphatic hydroxyl groups excluding tert-OH is 1. The van der Waals surface area contributed by atoms with Crippen molar-refractivity contribution in [1.82, 2.24) is 5.32 Å². The molecule has 2 atom stereocenters. The van der Waals surface area contributed by atoms with Gasteiger partial charge in [0.2, 0.25) is 5.91 Å². The summed E-state index contributed by atoms with van der Waals surface area (Å²) in [7, 11) is -3.83. The van der Waals surface area contributed by atoms with E-state index in [0.717, 1.165) is 0 Å². The fraction of sp³-hybridized carbons (Fsp3) is 0.235. The van der Waals surface area contributed by atoms with E-state index in [1.165, 1.54) is 6.92 Å². The Morgan fingerprint density at radius 1 is 1.08 bits per heavy atom. The first kappa shape index (κ1) is 19.0. The van der Waals surface area contributed by atoms with Gasteiger partial charge in [0, 0.05) is 0 Å². The Morgan fingerprint density at radius 2 is 1.52 bits per heavy atom. The van der Waals surface area contributed by atoms with Crippen LogP contribution in [-0.4, -0.2) is 29.4 Å². The summed E-state index contributed by atoms with van der Waals surface area (Å²) in [5.41, 5.74) is 5.48. The molecule has 0 heterocycles. The van der Waals surface area contributed by atoms with Crippen LogP contribution in [0.25, 0.3) is 0 Å². The fourth-order valence-corrected chi connectivity index (χ4v) is 3.38. The third-order valence-electron chi connectivity index (χ3n) is 3.31. The number of para-hydroxylation sites is 2. The molecule has 0 aliphatic heterocycles. The van der Waals surface area contributed by atoms with Crippen LogP contribution in [0.15, 0.2) is 60.7 Å². The lowest BCUT2D eigenvalue weighted by atomic mass is 10.3. The van der Waals surface area contributed by atoms with E-state index in [2.05, 4.69) is 5.32 Å². The standard InChI is InChI=1S/C17H21N2O5P/c1-13(19-17(21)16(18)12-20)25(22,23-14-8-4-2-5-9-14)24-15-10-6-3-7-11-15/h2-11,13,16,20H,12,18H2,1H3,(H,19,21)/t13-,16+/m1/s1. The van der Waals surface area contributed by atoms with Gasteiger partial charge in [-0.05, 0) is 31.2 Å². The molecule has 0 aliphatic carbocycles. The molecule has 2 aromatic rings. The molecule has 0 spiro atoms. The zero-order valence-corrected chi connectivity index (χ0v) is 14.6. The molecule has 0 unspecified atom stereocenters. The monoisotopic (exact) mass is 364 g/mol. The lowest BCUT2D eigenvalue weighted by Crippen LogP contribution is -2.46. The SMILES string of the molecule is C[C@H](NC(=O)[C@@H](N)CO)P(=O)(Oc1ccccc1)Oc1ccccc1. The first-order chi connectivity index (χ1) is 11.9. The molecule has 1 amide bonds. The van der Waals surface area contributed by atoms with E-state index in [4.69, 9.17) is 19.9 Å². The van der Waals surface area contributed by atoms with Gasteiger partial charge < -0.3 is 25.2 Å². The van der Waals surface area contributed by atoms with E-state index in [1.54, 1.807) is 60.7 Å². The largest absolute Gasteiger partial charge is 0.452 e. The molecule has 2 aromatic carbocycles. The van der Waals surface area contributed by atoms with E-state index in [9.17, 15) is 9.36 Å². The Bertz CT molecular complexity index is 681. The summed E-state index contributed by atoms with van der Waals surface area (Å²) in [6.45, 7) is 0.969. The first-order valence-corrected chi connectivity index (χ1v) is 9.31. The summed E-state index contributed by atoms with van der Waals surface area (Å²) >= 11 is 0. The number of carbonyl (C=O) groups is 1. The molecule has 0 bridgehead atoms. The van der Waals surface area contributed by atoms with Gasteiger partial charge in [0.05, 0.1) is 6.61 Å². The Morgan fingerprint density at radius 3 is 1.92 bits per heavy atom. The number of benzene rings is 2. The van der Waals surface area contributed by atoms with Gasteiger partial charge in [-0.1, -0.05) is 36.4 Å². The van der Waals surface area contributed by atoms with Crippen molar-refractivity contribution in [3.05, 3.63) is 60.7 Å². The maximum atomic E-state index is 13.3. The molecule has 0 aromatic heterocycles. The van der Waals surface area contributed by atoms with Crippen LogP contribution in [0.1, 0.15) is 6.92 Å². The molecular formula is C17H21N2O5P. The van der Waals surface area contributed by atoms with E-state index < -0.39 is 31.9 Å². The number of hydrogen-bond acceptors (Lipinski definition) is 6. The Kier molecular flexibility index (Phi) is 6.58. The van der Waals surface area contributed by atoms with Gasteiger partial charge in [-0.2, -0.15) is 0 Å². The molecule has 134 valence electrons. The fourth-order valence-electron chi connectivity index (χ4n) is 1.91. The van der Waals surface area contributed by atoms with Crippen molar-refractivity contribution in [2.24, 2.45) is 5.73 Å². The highest BCUT2D eigenvalue weighted by atomic mass is 31.2. The van der Waals surface area contributed by atoms with Gasteiger partial charge >= 0.3 is 7.60 Å². The average Bonchev–Trinajstić information content (AvgIpc) is 2.62. The van der Waals surface area contributed by atoms with E-state index >= 15 is 0 Å². The van der Waals surface area contributed by atoms with Crippen molar-refractivity contribution < 1.29 is 23.5 Å². The minimum atomic E-state index is -3.83. The highest BCUT2D eigenvalue weighted by Gasteiger charge is 2.38. The van der Waals surface area contributed by atoms with Crippen LogP contribution in [0.3, 0.4) is 0 Å². The van der Waals surface area contributed by atoms with Crippen LogP contribution in [0, 0.1) is 0 Å². The Balaban J connectivity index is 2.24. The lowest BCUT2D eigenvalue weighted by molar-refractivity contribution is -0.123. The van der Waals surface area contributed by atoms with Crippen LogP contribution >= 0.6 is 7.60 Å². The molecule has 25 heavy (non-hydrogen) atoms. The zero-order valence-electron chi connectivity index (χ0n) is 13.7. The average molecular weight is 364 g/mol. The van der Waals surface area contributed by atoms with Crippen LogP contribution in [0.2, 0.25) is 0 Å². The lowest BCUT2D eigenvalue weighted by Gasteiger charge is -2.26. The van der Waals surface area contributed by atoms with Crippen molar-refractivity contribution >= 4 is 13.5 Å². The predicted octanol–water partition coefficient (Wildman–Crippen LogP) is 2.12. The minimum Gasteiger partial charge on any atom is -0.415 e. The molecule has 0 saturated carbocycles. The summed E-state index contributed by atoms with van der Waals surface area (Å²) in [6.07, 6.45) is 0. The molecule has 8 heteroatoms. The van der Waals surface area contributed by atoms with Crippen molar-refractivity contribution in [3.8, 4) is 11.5 Å². The summed E-state index contributed by atoms with van der Waals surface area (Å²) in [6, 6.07) is 15.9. The molecule has 0 radical (unpaired) electrons. The van der Waals surface area contributed by atoms with Crippen LogP contribution in [-0.2, 0) is 9.36 Å². The number of aliphatic hydroxyl groups is 1. The smallest absolute Gasteiger partial charge is 0.415 e. The Labute approximate surface area is 146 Å². The molecule has 2 rings (SSSR count). The Hall–Kier alpha value is -2.34. The van der Waals surface area contributed by atoms with Gasteiger partial charge in [0.25, 0.3) is 0 Å². The summed E-state index contributed by atoms with van der Waals surface area (Å²) in [4.78, 5) is 11.9. The van der Waals surface area contributed by atoms with Gasteiger partial charge in [0.15, 0.2) is 5.78 Å². The van der Waals surface area contributed by atoms with Crippen LogP contribution in [0.5, 0.6) is 11.5 Å². The summed E-state index contributed by atoms with van der Waals surface area (Å²) < 4.78 is 24.5. The van der Waals surface area contributed by atoms with Gasteiger partial charge in [-0.3, -0.25) is 4.79 Å². The number of hydrogen-bond donors (Lipinski definition) is 3. The van der Waals surface area contributed by atoms with E-state index in [1.807, 2.05) is 0 Å². The number of nitrogens with one attached hydrogen (secondary N) is 1. The highest BCUT2D eigenvalue weighted by molar-refractivity contribution is 7.55.